The molecule has 0 saturated carbocycles. The van der Waals surface area contributed by atoms with E-state index in [0.717, 1.165) is 25.3 Å². The number of benzene rings is 1. The minimum absolute atomic E-state index is 0.317. The third kappa shape index (κ3) is 4.95. The lowest BCUT2D eigenvalue weighted by Crippen LogP contribution is -2.39. The summed E-state index contributed by atoms with van der Waals surface area (Å²) in [5.74, 6) is 2.05. The number of ether oxygens (including phenoxy) is 1. The van der Waals surface area contributed by atoms with Crippen LogP contribution in [0, 0.1) is 0 Å². The van der Waals surface area contributed by atoms with E-state index < -0.39 is 0 Å². The summed E-state index contributed by atoms with van der Waals surface area (Å²) in [7, 11) is 0. The summed E-state index contributed by atoms with van der Waals surface area (Å²) in [5.41, 5.74) is 0. The van der Waals surface area contributed by atoms with Crippen LogP contribution in [0.25, 0.3) is 0 Å². The van der Waals surface area contributed by atoms with Crippen molar-refractivity contribution in [2.45, 2.75) is 51.4 Å². The molecule has 3 aromatic rings. The van der Waals surface area contributed by atoms with E-state index in [2.05, 4.69) is 24.6 Å². The van der Waals surface area contributed by atoms with Crippen molar-refractivity contribution in [3.8, 4) is 5.75 Å². The minimum atomic E-state index is 0.317. The van der Waals surface area contributed by atoms with Gasteiger partial charge in [0.1, 0.15) is 5.75 Å². The van der Waals surface area contributed by atoms with Crippen molar-refractivity contribution in [2.24, 2.45) is 0 Å². The minimum Gasteiger partial charge on any atom is -0.485 e. The predicted molar refractivity (Wildman–Crippen MR) is 100.0 cm³/mol. The number of imidazole rings is 1. The van der Waals surface area contributed by atoms with Gasteiger partial charge in [-0.1, -0.05) is 29.8 Å². The van der Waals surface area contributed by atoms with Gasteiger partial charge in [0.05, 0.1) is 12.9 Å². The van der Waals surface area contributed by atoms with Gasteiger partial charge in [-0.2, -0.15) is 4.98 Å². The van der Waals surface area contributed by atoms with E-state index in [1.807, 2.05) is 49.1 Å². The second-order valence-corrected chi connectivity index (χ2v) is 6.92. The summed E-state index contributed by atoms with van der Waals surface area (Å²) in [6.45, 7) is 3.08. The third-order valence-electron chi connectivity index (χ3n) is 4.99. The topological polar surface area (TPSA) is 69.2 Å². The van der Waals surface area contributed by atoms with Crippen LogP contribution in [0.15, 0.2) is 53.6 Å². The van der Waals surface area contributed by atoms with Crippen molar-refractivity contribution >= 4 is 0 Å². The first-order valence-corrected chi connectivity index (χ1v) is 9.56. The molecule has 3 heterocycles. The fraction of sp³-hybridized carbons (Fsp3) is 0.450. The number of piperidine rings is 1. The van der Waals surface area contributed by atoms with Crippen molar-refractivity contribution in [1.29, 1.82) is 0 Å². The fourth-order valence-electron chi connectivity index (χ4n) is 3.56. The number of aryl methyl sites for hydroxylation is 1. The second-order valence-electron chi connectivity index (χ2n) is 6.92. The zero-order chi connectivity index (χ0) is 18.3. The molecule has 1 saturated heterocycles. The lowest BCUT2D eigenvalue weighted by Gasteiger charge is -2.34. The Bertz CT molecular complexity index is 803. The maximum atomic E-state index is 5.69. The first kappa shape index (κ1) is 17.7. The zero-order valence-electron chi connectivity index (χ0n) is 15.4. The lowest BCUT2D eigenvalue weighted by atomic mass is 9.99. The fourth-order valence-corrected chi connectivity index (χ4v) is 3.56. The number of nitrogens with zero attached hydrogens (tertiary/aromatic N) is 5. The highest BCUT2D eigenvalue weighted by molar-refractivity contribution is 5.20. The van der Waals surface area contributed by atoms with Gasteiger partial charge >= 0.3 is 0 Å². The summed E-state index contributed by atoms with van der Waals surface area (Å²) in [4.78, 5) is 11.1. The van der Waals surface area contributed by atoms with Crippen LogP contribution in [0.5, 0.6) is 5.75 Å². The molecule has 0 amide bonds. The number of hydrogen-bond donors (Lipinski definition) is 0. The van der Waals surface area contributed by atoms with Crippen LogP contribution in [0.1, 0.15) is 37.4 Å². The molecule has 7 nitrogen and oxygen atoms in total. The van der Waals surface area contributed by atoms with Crippen LogP contribution in [0.2, 0.25) is 0 Å². The predicted octanol–water partition coefficient (Wildman–Crippen LogP) is 3.29. The smallest absolute Gasteiger partial charge is 0.240 e. The first-order chi connectivity index (χ1) is 13.4. The zero-order valence-corrected chi connectivity index (χ0v) is 15.4. The Morgan fingerprint density at radius 3 is 2.96 bits per heavy atom. The number of hydrogen-bond acceptors (Lipinski definition) is 6. The number of rotatable bonds is 8. The molecule has 1 aromatic carbocycles. The lowest BCUT2D eigenvalue weighted by molar-refractivity contribution is 0.113. The molecule has 142 valence electrons. The van der Waals surface area contributed by atoms with E-state index in [1.165, 1.54) is 19.3 Å². The van der Waals surface area contributed by atoms with Gasteiger partial charge < -0.3 is 13.8 Å². The molecule has 0 spiro atoms. The van der Waals surface area contributed by atoms with Crippen LogP contribution < -0.4 is 4.74 Å². The summed E-state index contributed by atoms with van der Waals surface area (Å²) >= 11 is 0. The average Bonchev–Trinajstić information content (AvgIpc) is 3.39. The summed E-state index contributed by atoms with van der Waals surface area (Å²) < 4.78 is 13.3. The van der Waals surface area contributed by atoms with Crippen LogP contribution >= 0.6 is 0 Å². The second kappa shape index (κ2) is 8.81. The Labute approximate surface area is 159 Å². The Balaban J connectivity index is 1.31. The summed E-state index contributed by atoms with van der Waals surface area (Å²) in [5, 5.41) is 4.06. The Kier molecular flexibility index (Phi) is 5.79. The molecule has 1 atom stereocenters. The van der Waals surface area contributed by atoms with Gasteiger partial charge in [0.2, 0.25) is 11.7 Å². The van der Waals surface area contributed by atoms with Gasteiger partial charge in [0.15, 0.2) is 6.61 Å². The number of likely N-dealkylation sites (tertiary alicyclic amines) is 1. The van der Waals surface area contributed by atoms with Crippen LogP contribution in [0.4, 0.5) is 0 Å². The molecule has 0 N–H and O–H groups in total. The maximum absolute atomic E-state index is 5.69. The van der Waals surface area contributed by atoms with E-state index in [4.69, 9.17) is 9.26 Å². The maximum Gasteiger partial charge on any atom is 0.240 e. The van der Waals surface area contributed by atoms with Gasteiger partial charge in [0.25, 0.3) is 0 Å². The van der Waals surface area contributed by atoms with Crippen LogP contribution in [-0.4, -0.2) is 37.2 Å². The summed E-state index contributed by atoms with van der Waals surface area (Å²) in [6, 6.07) is 10.2. The van der Waals surface area contributed by atoms with E-state index in [1.54, 1.807) is 0 Å². The highest BCUT2D eigenvalue weighted by Crippen LogP contribution is 2.22. The molecule has 0 unspecified atom stereocenters. The SMILES string of the molecule is c1ccc(OCc2noc(CN3CCCC[C@H]3CCn3ccnc3)n2)cc1. The van der Waals surface area contributed by atoms with E-state index >= 15 is 0 Å². The highest BCUT2D eigenvalue weighted by Gasteiger charge is 2.24. The quantitative estimate of drug-likeness (QED) is 0.608. The largest absolute Gasteiger partial charge is 0.485 e. The van der Waals surface area contributed by atoms with Gasteiger partial charge in [-0.25, -0.2) is 4.98 Å². The van der Waals surface area contributed by atoms with Crippen LogP contribution in [-0.2, 0) is 19.7 Å². The summed E-state index contributed by atoms with van der Waals surface area (Å²) in [6.07, 6.45) is 10.6. The molecule has 1 fully saturated rings. The van der Waals surface area contributed by atoms with Crippen molar-refractivity contribution in [3.05, 3.63) is 60.8 Å². The van der Waals surface area contributed by atoms with Gasteiger partial charge in [0, 0.05) is 25.0 Å². The average molecular weight is 367 g/mol. The van der Waals surface area contributed by atoms with Crippen molar-refractivity contribution in [1.82, 2.24) is 24.6 Å². The molecule has 1 aliphatic rings. The molecule has 27 heavy (non-hydrogen) atoms. The molecule has 0 bridgehead atoms. The highest BCUT2D eigenvalue weighted by atomic mass is 16.5. The molecular formula is C20H25N5O2. The Morgan fingerprint density at radius 2 is 2.11 bits per heavy atom. The Hall–Kier alpha value is -2.67. The monoisotopic (exact) mass is 367 g/mol. The van der Waals surface area contributed by atoms with E-state index in [9.17, 15) is 0 Å². The molecule has 4 rings (SSSR count). The number of aromatic nitrogens is 4. The molecule has 7 heteroatoms. The first-order valence-electron chi connectivity index (χ1n) is 9.56. The number of para-hydroxylation sites is 1. The molecule has 0 radical (unpaired) electrons. The third-order valence-corrected chi connectivity index (χ3v) is 4.99. The standard InChI is InChI=1S/C20H25N5O2/c1-2-7-18(8-3-1)26-15-19-22-20(27-23-19)14-25-11-5-4-6-17(25)9-12-24-13-10-21-16-24/h1-3,7-8,10,13,16-17H,4-6,9,11-12,14-15H2/t17-/m0/s1. The van der Waals surface area contributed by atoms with E-state index in [0.29, 0.717) is 30.9 Å². The molecular weight excluding hydrogens is 342 g/mol. The van der Waals surface area contributed by atoms with Gasteiger partial charge in [-0.05, 0) is 37.9 Å². The van der Waals surface area contributed by atoms with Crippen molar-refractivity contribution in [3.63, 3.8) is 0 Å². The van der Waals surface area contributed by atoms with Crippen molar-refractivity contribution < 1.29 is 9.26 Å². The Morgan fingerprint density at radius 1 is 1.19 bits per heavy atom. The molecule has 0 aliphatic carbocycles. The molecule has 2 aromatic heterocycles. The van der Waals surface area contributed by atoms with Crippen LogP contribution in [0.3, 0.4) is 0 Å². The van der Waals surface area contributed by atoms with E-state index in [-0.39, 0.29) is 0 Å². The molecule has 1 aliphatic heterocycles. The van der Waals surface area contributed by atoms with Crippen molar-refractivity contribution in [2.75, 3.05) is 6.54 Å². The normalized spacial score (nSPS) is 17.9. The van der Waals surface area contributed by atoms with Gasteiger partial charge in [-0.3, -0.25) is 4.90 Å². The van der Waals surface area contributed by atoms with Gasteiger partial charge in [-0.15, -0.1) is 0 Å².